The second kappa shape index (κ2) is 8.27. The Balaban J connectivity index is 1.74. The molecule has 0 saturated heterocycles. The molecule has 1 atom stereocenters. The van der Waals surface area contributed by atoms with Crippen LogP contribution in [-0.4, -0.2) is 14.3 Å². The first kappa shape index (κ1) is 19.6. The molecule has 0 aromatic heterocycles. The third-order valence-corrected chi connectivity index (χ3v) is 5.75. The predicted molar refractivity (Wildman–Crippen MR) is 111 cm³/mol. The average Bonchev–Trinajstić information content (AvgIpc) is 2.69. The maximum absolute atomic E-state index is 12.6. The number of hydrogen-bond donors (Lipinski definition) is 2. The molecule has 1 unspecified atom stereocenters. The van der Waals surface area contributed by atoms with Gasteiger partial charge in [0.1, 0.15) is 0 Å². The molecule has 3 aromatic carbocycles. The molecule has 0 heterocycles. The second-order valence-electron chi connectivity index (χ2n) is 6.61. The van der Waals surface area contributed by atoms with Crippen LogP contribution in [0.5, 0.6) is 0 Å². The molecule has 1 amide bonds. The highest BCUT2D eigenvalue weighted by Gasteiger charge is 2.16. The Morgan fingerprint density at radius 3 is 2.25 bits per heavy atom. The first-order chi connectivity index (χ1) is 13.3. The highest BCUT2D eigenvalue weighted by Crippen LogP contribution is 2.19. The third-order valence-electron chi connectivity index (χ3n) is 4.36. The van der Waals surface area contributed by atoms with Gasteiger partial charge in [0.2, 0.25) is 0 Å². The summed E-state index contributed by atoms with van der Waals surface area (Å²) >= 11 is 0. The molecule has 0 aliphatic rings. The predicted octanol–water partition coefficient (Wildman–Crippen LogP) is 4.29. The number of rotatable bonds is 6. The number of hydrogen-bond acceptors (Lipinski definition) is 3. The molecule has 5 nitrogen and oxygen atoms in total. The molecule has 3 aromatic rings. The number of carbonyl (C=O) groups is 1. The van der Waals surface area contributed by atoms with Gasteiger partial charge < -0.3 is 5.32 Å². The van der Waals surface area contributed by atoms with Crippen LogP contribution in [0.3, 0.4) is 0 Å². The van der Waals surface area contributed by atoms with Crippen LogP contribution in [0.15, 0.2) is 83.8 Å². The Kier molecular flexibility index (Phi) is 5.80. The summed E-state index contributed by atoms with van der Waals surface area (Å²) in [6, 6.07) is 22.5. The van der Waals surface area contributed by atoms with E-state index in [4.69, 9.17) is 0 Å². The minimum atomic E-state index is -3.72. The number of amides is 1. The van der Waals surface area contributed by atoms with E-state index in [0.29, 0.717) is 11.3 Å². The van der Waals surface area contributed by atoms with Gasteiger partial charge in [0.05, 0.1) is 10.9 Å². The Hall–Kier alpha value is -3.12. The number of nitrogens with one attached hydrogen (secondary N) is 2. The first-order valence-corrected chi connectivity index (χ1v) is 10.4. The summed E-state index contributed by atoms with van der Waals surface area (Å²) in [7, 11) is -3.72. The highest BCUT2D eigenvalue weighted by molar-refractivity contribution is 7.92. The van der Waals surface area contributed by atoms with Crippen LogP contribution in [-0.2, 0) is 10.0 Å². The summed E-state index contributed by atoms with van der Waals surface area (Å²) in [5, 5.41) is 2.92. The van der Waals surface area contributed by atoms with Crippen molar-refractivity contribution in [3.63, 3.8) is 0 Å². The van der Waals surface area contributed by atoms with E-state index >= 15 is 0 Å². The molecular weight excluding hydrogens is 372 g/mol. The Labute approximate surface area is 165 Å². The smallest absolute Gasteiger partial charge is 0.261 e. The first-order valence-electron chi connectivity index (χ1n) is 8.90. The van der Waals surface area contributed by atoms with Gasteiger partial charge >= 0.3 is 0 Å². The van der Waals surface area contributed by atoms with Gasteiger partial charge in [0.15, 0.2) is 0 Å². The van der Waals surface area contributed by atoms with Crippen molar-refractivity contribution in [3.05, 3.63) is 95.6 Å². The van der Waals surface area contributed by atoms with Gasteiger partial charge in [-0.1, -0.05) is 54.1 Å². The minimum Gasteiger partial charge on any atom is -0.346 e. The third kappa shape index (κ3) is 4.78. The summed E-state index contributed by atoms with van der Waals surface area (Å²) in [5.74, 6) is -0.271. The zero-order valence-electron chi connectivity index (χ0n) is 15.7. The van der Waals surface area contributed by atoms with Crippen molar-refractivity contribution in [1.82, 2.24) is 5.32 Å². The van der Waals surface area contributed by atoms with Crippen molar-refractivity contribution in [2.45, 2.75) is 24.8 Å². The lowest BCUT2D eigenvalue weighted by Crippen LogP contribution is -2.26. The summed E-state index contributed by atoms with van der Waals surface area (Å²) in [5.41, 5.74) is 2.68. The van der Waals surface area contributed by atoms with Crippen molar-refractivity contribution >= 4 is 21.6 Å². The van der Waals surface area contributed by atoms with Crippen molar-refractivity contribution < 1.29 is 13.2 Å². The fourth-order valence-electron chi connectivity index (χ4n) is 2.76. The molecule has 0 fully saturated rings. The van der Waals surface area contributed by atoms with Gasteiger partial charge in [-0.15, -0.1) is 0 Å². The van der Waals surface area contributed by atoms with E-state index in [1.807, 2.05) is 44.2 Å². The lowest BCUT2D eigenvalue weighted by molar-refractivity contribution is 0.0940. The van der Waals surface area contributed by atoms with E-state index in [2.05, 4.69) is 10.0 Å². The van der Waals surface area contributed by atoms with Gasteiger partial charge in [-0.2, -0.15) is 0 Å². The highest BCUT2D eigenvalue weighted by atomic mass is 32.2. The van der Waals surface area contributed by atoms with Crippen LogP contribution in [0.1, 0.15) is 34.5 Å². The molecule has 2 N–H and O–H groups in total. The molecule has 0 aliphatic heterocycles. The molecule has 0 bridgehead atoms. The Morgan fingerprint density at radius 2 is 1.57 bits per heavy atom. The van der Waals surface area contributed by atoms with Crippen molar-refractivity contribution in [3.8, 4) is 0 Å². The second-order valence-corrected chi connectivity index (χ2v) is 8.29. The van der Waals surface area contributed by atoms with E-state index in [-0.39, 0.29) is 16.8 Å². The number of sulfonamides is 1. The minimum absolute atomic E-state index is 0.165. The quantitative estimate of drug-likeness (QED) is 0.655. The van der Waals surface area contributed by atoms with Crippen molar-refractivity contribution in [1.29, 1.82) is 0 Å². The van der Waals surface area contributed by atoms with Crippen LogP contribution < -0.4 is 10.0 Å². The number of benzene rings is 3. The molecule has 0 spiro atoms. The summed E-state index contributed by atoms with van der Waals surface area (Å²) in [6.07, 6.45) is 0. The molecule has 28 heavy (non-hydrogen) atoms. The van der Waals surface area contributed by atoms with Gasteiger partial charge in [-0.25, -0.2) is 8.42 Å². The van der Waals surface area contributed by atoms with E-state index < -0.39 is 10.0 Å². The zero-order valence-corrected chi connectivity index (χ0v) is 16.5. The maximum Gasteiger partial charge on any atom is 0.261 e. The van der Waals surface area contributed by atoms with Gasteiger partial charge in [-0.3, -0.25) is 9.52 Å². The summed E-state index contributed by atoms with van der Waals surface area (Å²) in [6.45, 7) is 3.79. The van der Waals surface area contributed by atoms with Crippen molar-refractivity contribution in [2.75, 3.05) is 4.72 Å². The molecule has 0 saturated carbocycles. The maximum atomic E-state index is 12.6. The van der Waals surface area contributed by atoms with E-state index in [1.54, 1.807) is 42.5 Å². The lowest BCUT2D eigenvalue weighted by Gasteiger charge is -2.15. The monoisotopic (exact) mass is 394 g/mol. The Morgan fingerprint density at radius 1 is 0.893 bits per heavy atom. The van der Waals surface area contributed by atoms with Crippen LogP contribution in [0.4, 0.5) is 5.69 Å². The zero-order chi connectivity index (χ0) is 20.1. The van der Waals surface area contributed by atoms with E-state index in [9.17, 15) is 13.2 Å². The number of carbonyl (C=O) groups excluding carboxylic acids is 1. The fraction of sp³-hybridized carbons (Fsp3) is 0.136. The van der Waals surface area contributed by atoms with E-state index in [0.717, 1.165) is 11.1 Å². The number of aryl methyl sites for hydroxylation is 1. The van der Waals surface area contributed by atoms with Gasteiger partial charge in [0, 0.05) is 11.3 Å². The molecule has 3 rings (SSSR count). The normalized spacial score (nSPS) is 12.2. The van der Waals surface area contributed by atoms with Crippen molar-refractivity contribution in [2.24, 2.45) is 0 Å². The average molecular weight is 394 g/mol. The SMILES string of the molecule is Cc1ccc(S(=O)(=O)Nc2cccc(C(=O)NC(C)c3ccccc3)c2)cc1. The van der Waals surface area contributed by atoms with Crippen LogP contribution in [0.2, 0.25) is 0 Å². The standard InChI is InChI=1S/C22H22N2O3S/c1-16-11-13-21(14-12-16)28(26,27)24-20-10-6-9-19(15-20)22(25)23-17(2)18-7-4-3-5-8-18/h3-15,17,24H,1-2H3,(H,23,25). The largest absolute Gasteiger partial charge is 0.346 e. The van der Waals surface area contributed by atoms with Crippen LogP contribution in [0.25, 0.3) is 0 Å². The lowest BCUT2D eigenvalue weighted by atomic mass is 10.1. The van der Waals surface area contributed by atoms with E-state index in [1.165, 1.54) is 6.07 Å². The number of anilines is 1. The van der Waals surface area contributed by atoms with Gasteiger partial charge in [-0.05, 0) is 49.7 Å². The summed E-state index contributed by atoms with van der Waals surface area (Å²) < 4.78 is 27.6. The molecule has 0 aliphatic carbocycles. The molecular formula is C22H22N2O3S. The fourth-order valence-corrected chi connectivity index (χ4v) is 3.81. The topological polar surface area (TPSA) is 75.3 Å². The van der Waals surface area contributed by atoms with Crippen LogP contribution >= 0.6 is 0 Å². The molecule has 144 valence electrons. The Bertz CT molecular complexity index is 1060. The van der Waals surface area contributed by atoms with Crippen LogP contribution in [0, 0.1) is 6.92 Å². The van der Waals surface area contributed by atoms with Gasteiger partial charge in [0.25, 0.3) is 15.9 Å². The summed E-state index contributed by atoms with van der Waals surface area (Å²) in [4.78, 5) is 12.7. The molecule has 0 radical (unpaired) electrons. The molecule has 6 heteroatoms.